The Morgan fingerprint density at radius 2 is 1.85 bits per heavy atom. The average molecular weight is 347 g/mol. The van der Waals surface area contributed by atoms with Crippen molar-refractivity contribution in [1.82, 2.24) is 19.7 Å². The summed E-state index contributed by atoms with van der Waals surface area (Å²) in [6, 6.07) is 13.3. The molecule has 0 aliphatic heterocycles. The molecule has 130 valence electrons. The van der Waals surface area contributed by atoms with Crippen molar-refractivity contribution in [3.63, 3.8) is 0 Å². The van der Waals surface area contributed by atoms with Crippen LogP contribution in [0.1, 0.15) is 16.7 Å². The molecular formula is C20H18FN5. The van der Waals surface area contributed by atoms with Gasteiger partial charge in [-0.3, -0.25) is 0 Å². The van der Waals surface area contributed by atoms with E-state index in [4.69, 9.17) is 0 Å². The van der Waals surface area contributed by atoms with Gasteiger partial charge in [0.2, 0.25) is 0 Å². The van der Waals surface area contributed by atoms with Crippen LogP contribution in [0.2, 0.25) is 0 Å². The third-order valence-corrected chi connectivity index (χ3v) is 4.32. The van der Waals surface area contributed by atoms with E-state index in [1.54, 1.807) is 23.9 Å². The second-order valence-corrected chi connectivity index (χ2v) is 6.34. The van der Waals surface area contributed by atoms with Crippen molar-refractivity contribution in [2.45, 2.75) is 20.4 Å². The predicted octanol–water partition coefficient (Wildman–Crippen LogP) is 4.37. The minimum atomic E-state index is -0.213. The second kappa shape index (κ2) is 6.55. The number of nitrogens with zero attached hydrogens (tertiary/aromatic N) is 4. The van der Waals surface area contributed by atoms with E-state index < -0.39 is 0 Å². The zero-order valence-electron chi connectivity index (χ0n) is 14.6. The highest BCUT2D eigenvalue weighted by atomic mass is 19.1. The van der Waals surface area contributed by atoms with E-state index in [-0.39, 0.29) is 5.82 Å². The maximum atomic E-state index is 13.8. The summed E-state index contributed by atoms with van der Waals surface area (Å²) >= 11 is 0. The monoisotopic (exact) mass is 347 g/mol. The standard InChI is InChI=1S/C20H18FN5/c1-13-3-7-16(8-4-13)25-19-17-10-24-26(20(17)23-12-22-19)11-15-6-5-14(2)18(21)9-15/h3-10,12H,11H2,1-2H3,(H,22,23,25). The summed E-state index contributed by atoms with van der Waals surface area (Å²) in [5, 5.41) is 8.53. The Hall–Kier alpha value is -3.28. The van der Waals surface area contributed by atoms with E-state index in [2.05, 4.69) is 20.4 Å². The van der Waals surface area contributed by atoms with E-state index in [1.807, 2.05) is 37.3 Å². The van der Waals surface area contributed by atoms with Crippen LogP contribution >= 0.6 is 0 Å². The third-order valence-electron chi connectivity index (χ3n) is 4.32. The van der Waals surface area contributed by atoms with E-state index in [9.17, 15) is 4.39 Å². The summed E-state index contributed by atoms with van der Waals surface area (Å²) in [7, 11) is 0. The Morgan fingerprint density at radius 1 is 1.04 bits per heavy atom. The fourth-order valence-electron chi connectivity index (χ4n) is 2.79. The fourth-order valence-corrected chi connectivity index (χ4v) is 2.79. The van der Waals surface area contributed by atoms with Crippen molar-refractivity contribution in [2.24, 2.45) is 0 Å². The van der Waals surface area contributed by atoms with Crippen molar-refractivity contribution in [3.05, 3.63) is 77.5 Å². The molecule has 2 aromatic heterocycles. The molecule has 2 heterocycles. The predicted molar refractivity (Wildman–Crippen MR) is 100 cm³/mol. The van der Waals surface area contributed by atoms with Gasteiger partial charge in [0.25, 0.3) is 0 Å². The van der Waals surface area contributed by atoms with Crippen LogP contribution in [0.15, 0.2) is 55.0 Å². The fraction of sp³-hybridized carbons (Fsp3) is 0.150. The Balaban J connectivity index is 1.66. The molecule has 0 aliphatic carbocycles. The van der Waals surface area contributed by atoms with E-state index in [0.717, 1.165) is 16.6 Å². The number of aromatic nitrogens is 4. The Morgan fingerprint density at radius 3 is 2.62 bits per heavy atom. The van der Waals surface area contributed by atoms with Crippen molar-refractivity contribution in [2.75, 3.05) is 5.32 Å². The van der Waals surface area contributed by atoms with Crippen molar-refractivity contribution in [1.29, 1.82) is 0 Å². The maximum absolute atomic E-state index is 13.8. The molecule has 4 aromatic rings. The van der Waals surface area contributed by atoms with Crippen molar-refractivity contribution in [3.8, 4) is 0 Å². The number of hydrogen-bond donors (Lipinski definition) is 1. The zero-order chi connectivity index (χ0) is 18.1. The van der Waals surface area contributed by atoms with Gasteiger partial charge < -0.3 is 5.32 Å². The molecule has 0 saturated heterocycles. The third kappa shape index (κ3) is 3.13. The first-order chi connectivity index (χ1) is 12.6. The lowest BCUT2D eigenvalue weighted by Crippen LogP contribution is -2.04. The number of anilines is 2. The first kappa shape index (κ1) is 16.2. The van der Waals surface area contributed by atoms with Gasteiger partial charge in [0.15, 0.2) is 5.65 Å². The number of halogens is 1. The first-order valence-electron chi connectivity index (χ1n) is 8.35. The topological polar surface area (TPSA) is 55.6 Å². The van der Waals surface area contributed by atoms with Crippen LogP contribution in [-0.2, 0) is 6.54 Å². The molecule has 0 saturated carbocycles. The molecule has 0 fully saturated rings. The van der Waals surface area contributed by atoms with E-state index in [1.165, 1.54) is 18.0 Å². The molecule has 4 rings (SSSR count). The molecule has 0 aliphatic rings. The SMILES string of the molecule is Cc1ccc(Nc2ncnc3c2cnn3Cc2ccc(C)c(F)c2)cc1. The Labute approximate surface area is 150 Å². The number of benzene rings is 2. The number of rotatable bonds is 4. The summed E-state index contributed by atoms with van der Waals surface area (Å²) < 4.78 is 15.5. The summed E-state index contributed by atoms with van der Waals surface area (Å²) in [6.07, 6.45) is 3.24. The largest absolute Gasteiger partial charge is 0.340 e. The summed E-state index contributed by atoms with van der Waals surface area (Å²) in [5.74, 6) is 0.482. The quantitative estimate of drug-likeness (QED) is 0.595. The highest BCUT2D eigenvalue weighted by Gasteiger charge is 2.11. The molecule has 0 amide bonds. The lowest BCUT2D eigenvalue weighted by molar-refractivity contribution is 0.612. The van der Waals surface area contributed by atoms with Crippen LogP contribution in [0.5, 0.6) is 0 Å². The van der Waals surface area contributed by atoms with Gasteiger partial charge in [-0.05, 0) is 43.2 Å². The molecule has 5 nitrogen and oxygen atoms in total. The van der Waals surface area contributed by atoms with Gasteiger partial charge in [0.1, 0.15) is 18.0 Å². The summed E-state index contributed by atoms with van der Waals surface area (Å²) in [4.78, 5) is 8.68. The highest BCUT2D eigenvalue weighted by molar-refractivity contribution is 5.88. The number of aryl methyl sites for hydroxylation is 2. The molecule has 6 heteroatoms. The van der Waals surface area contributed by atoms with Crippen LogP contribution in [-0.4, -0.2) is 19.7 Å². The molecule has 0 atom stereocenters. The summed E-state index contributed by atoms with van der Waals surface area (Å²) in [5.41, 5.74) is 4.32. The van der Waals surface area contributed by atoms with Gasteiger partial charge in [0, 0.05) is 5.69 Å². The molecule has 0 unspecified atom stereocenters. The highest BCUT2D eigenvalue weighted by Crippen LogP contribution is 2.23. The van der Waals surface area contributed by atoms with Crippen LogP contribution in [0.4, 0.5) is 15.9 Å². The number of fused-ring (bicyclic) bond motifs is 1. The normalized spacial score (nSPS) is 11.0. The maximum Gasteiger partial charge on any atom is 0.163 e. The molecular weight excluding hydrogens is 329 g/mol. The molecule has 0 radical (unpaired) electrons. The summed E-state index contributed by atoms with van der Waals surface area (Å²) in [6.45, 7) is 4.24. The van der Waals surface area contributed by atoms with E-state index >= 15 is 0 Å². The molecule has 2 aromatic carbocycles. The van der Waals surface area contributed by atoms with E-state index in [0.29, 0.717) is 23.6 Å². The van der Waals surface area contributed by atoms with Crippen LogP contribution in [0.3, 0.4) is 0 Å². The first-order valence-corrected chi connectivity index (χ1v) is 8.35. The van der Waals surface area contributed by atoms with Crippen molar-refractivity contribution < 1.29 is 4.39 Å². The Bertz CT molecular complexity index is 1070. The van der Waals surface area contributed by atoms with Gasteiger partial charge in [-0.1, -0.05) is 29.8 Å². The second-order valence-electron chi connectivity index (χ2n) is 6.34. The minimum Gasteiger partial charge on any atom is -0.340 e. The average Bonchev–Trinajstić information content (AvgIpc) is 3.04. The van der Waals surface area contributed by atoms with Crippen LogP contribution in [0, 0.1) is 19.7 Å². The lowest BCUT2D eigenvalue weighted by Gasteiger charge is -2.08. The van der Waals surface area contributed by atoms with Crippen LogP contribution < -0.4 is 5.32 Å². The van der Waals surface area contributed by atoms with Crippen molar-refractivity contribution >= 4 is 22.5 Å². The van der Waals surface area contributed by atoms with Gasteiger partial charge in [-0.15, -0.1) is 0 Å². The van der Waals surface area contributed by atoms with Gasteiger partial charge in [-0.2, -0.15) is 5.10 Å². The molecule has 0 spiro atoms. The number of hydrogen-bond acceptors (Lipinski definition) is 4. The lowest BCUT2D eigenvalue weighted by atomic mass is 10.1. The van der Waals surface area contributed by atoms with Gasteiger partial charge in [-0.25, -0.2) is 19.0 Å². The van der Waals surface area contributed by atoms with Crippen LogP contribution in [0.25, 0.3) is 11.0 Å². The van der Waals surface area contributed by atoms with Gasteiger partial charge >= 0.3 is 0 Å². The molecule has 26 heavy (non-hydrogen) atoms. The number of nitrogens with one attached hydrogen (secondary N) is 1. The molecule has 0 bridgehead atoms. The smallest absolute Gasteiger partial charge is 0.163 e. The molecule has 1 N–H and O–H groups in total. The minimum absolute atomic E-state index is 0.213. The van der Waals surface area contributed by atoms with Gasteiger partial charge in [0.05, 0.1) is 18.1 Å². The Kier molecular flexibility index (Phi) is 4.08. The zero-order valence-corrected chi connectivity index (χ0v) is 14.6.